The third kappa shape index (κ3) is 10.6. The van der Waals surface area contributed by atoms with Crippen molar-refractivity contribution in [3.8, 4) is 0 Å². The highest BCUT2D eigenvalue weighted by atomic mass is 16.4. The Morgan fingerprint density at radius 1 is 0.930 bits per heavy atom. The van der Waals surface area contributed by atoms with Crippen LogP contribution in [0.3, 0.4) is 0 Å². The first-order chi connectivity index (χ1) is 20.4. The molecule has 0 spiro atoms. The molecule has 43 heavy (non-hydrogen) atoms. The van der Waals surface area contributed by atoms with Gasteiger partial charge in [-0.3, -0.25) is 28.9 Å². The molecule has 0 radical (unpaired) electrons. The summed E-state index contributed by atoms with van der Waals surface area (Å²) in [5.74, 6) is -3.05. The summed E-state index contributed by atoms with van der Waals surface area (Å²) in [5, 5.41) is 33.9. The van der Waals surface area contributed by atoms with E-state index < -0.39 is 66.4 Å². The first-order valence-corrected chi connectivity index (χ1v) is 15.0. The molecule has 2 heterocycles. The van der Waals surface area contributed by atoms with Gasteiger partial charge in [0.25, 0.3) is 0 Å². The smallest absolute Gasteiger partial charge is 0.305 e. The number of amides is 4. The number of carboxylic acids is 1. The second kappa shape index (κ2) is 16.3. The zero-order valence-corrected chi connectivity index (χ0v) is 25.2. The molecule has 13 heteroatoms. The van der Waals surface area contributed by atoms with Gasteiger partial charge in [-0.05, 0) is 44.2 Å². The summed E-state index contributed by atoms with van der Waals surface area (Å²) in [4.78, 5) is 67.2. The molecule has 6 atom stereocenters. The summed E-state index contributed by atoms with van der Waals surface area (Å²) >= 11 is 0. The molecule has 0 saturated carbocycles. The number of nitrogens with zero attached hydrogens (tertiary/aromatic N) is 1. The van der Waals surface area contributed by atoms with Crippen molar-refractivity contribution >= 4 is 29.6 Å². The lowest BCUT2D eigenvalue weighted by molar-refractivity contribution is -0.138. The number of carbonyl (C=O) groups is 5. The summed E-state index contributed by atoms with van der Waals surface area (Å²) in [7, 11) is 0. The van der Waals surface area contributed by atoms with Crippen LogP contribution in [0.4, 0.5) is 0 Å². The predicted molar refractivity (Wildman–Crippen MR) is 159 cm³/mol. The predicted octanol–water partition coefficient (Wildman–Crippen LogP) is -0.862. The van der Waals surface area contributed by atoms with Crippen LogP contribution in [0.2, 0.25) is 0 Å². The average Bonchev–Trinajstić information content (AvgIpc) is 3.40. The Bertz CT molecular complexity index is 1120. The van der Waals surface area contributed by atoms with E-state index in [1.165, 1.54) is 6.92 Å². The van der Waals surface area contributed by atoms with Crippen molar-refractivity contribution in [1.29, 1.82) is 0 Å². The molecule has 7 N–H and O–H groups in total. The Balaban J connectivity index is 1.93. The average molecular weight is 603 g/mol. The normalized spacial score (nSPS) is 27.6. The molecule has 2 fully saturated rings. The molecule has 13 nitrogen and oxygen atoms in total. The Morgan fingerprint density at radius 3 is 2.26 bits per heavy atom. The standard InChI is InChI=1S/C30H46N6O7/c1-18(2)14-22-27(40)33-21(16-25(38)39)17-32-26(19(3)37)30(43)31-11-13-36-12-7-10-24(36)29(42)35-23(28(41)34-22)15-20-8-5-4-6-9-20/h4-6,8-9,18-19,21-24,26,32,37H,7,10-17H2,1-3H3,(H,31,43)(H,33,40)(H,34,41)(H,35,42)(H,38,39)/t19-,21+,22+,23+,24+,26+/m1/s1. The topological polar surface area (TPSA) is 189 Å². The van der Waals surface area contributed by atoms with E-state index in [2.05, 4.69) is 26.6 Å². The molecule has 1 aromatic rings. The fraction of sp³-hybridized carbons (Fsp3) is 0.633. The number of nitrogens with one attached hydrogen (secondary N) is 5. The third-order valence-electron chi connectivity index (χ3n) is 7.74. The molecule has 0 bridgehead atoms. The highest BCUT2D eigenvalue weighted by Crippen LogP contribution is 2.18. The third-order valence-corrected chi connectivity index (χ3v) is 7.74. The molecule has 3 rings (SSSR count). The first kappa shape index (κ1) is 33.9. The summed E-state index contributed by atoms with van der Waals surface area (Å²) in [6.07, 6.45) is 0.307. The van der Waals surface area contributed by atoms with Gasteiger partial charge in [0.15, 0.2) is 0 Å². The van der Waals surface area contributed by atoms with Crippen molar-refractivity contribution in [2.45, 2.75) is 89.2 Å². The maximum Gasteiger partial charge on any atom is 0.305 e. The van der Waals surface area contributed by atoms with Gasteiger partial charge >= 0.3 is 5.97 Å². The highest BCUT2D eigenvalue weighted by Gasteiger charge is 2.35. The van der Waals surface area contributed by atoms with Crippen molar-refractivity contribution < 1.29 is 34.2 Å². The molecule has 2 aliphatic heterocycles. The molecule has 2 saturated heterocycles. The molecular weight excluding hydrogens is 556 g/mol. The lowest BCUT2D eigenvalue weighted by atomic mass is 10.00. The van der Waals surface area contributed by atoms with Crippen LogP contribution in [0, 0.1) is 5.92 Å². The quantitative estimate of drug-likeness (QED) is 0.208. The van der Waals surface area contributed by atoms with Crippen molar-refractivity contribution in [2.75, 3.05) is 26.2 Å². The van der Waals surface area contributed by atoms with Crippen molar-refractivity contribution in [3.05, 3.63) is 35.9 Å². The van der Waals surface area contributed by atoms with Crippen LogP contribution in [0.5, 0.6) is 0 Å². The van der Waals surface area contributed by atoms with Crippen LogP contribution in [-0.4, -0.2) is 107 Å². The van der Waals surface area contributed by atoms with E-state index in [0.29, 0.717) is 19.5 Å². The van der Waals surface area contributed by atoms with Crippen LogP contribution in [-0.2, 0) is 30.4 Å². The van der Waals surface area contributed by atoms with E-state index in [-0.39, 0.29) is 37.8 Å². The minimum Gasteiger partial charge on any atom is -0.481 e. The number of carbonyl (C=O) groups excluding carboxylic acids is 4. The minimum atomic E-state index is -1.16. The largest absolute Gasteiger partial charge is 0.481 e. The van der Waals surface area contributed by atoms with Gasteiger partial charge in [0.1, 0.15) is 18.1 Å². The number of hydrogen-bond acceptors (Lipinski definition) is 8. The molecule has 4 amide bonds. The first-order valence-electron chi connectivity index (χ1n) is 15.0. The van der Waals surface area contributed by atoms with Gasteiger partial charge in [-0.1, -0.05) is 44.2 Å². The van der Waals surface area contributed by atoms with Gasteiger partial charge in [0, 0.05) is 26.1 Å². The molecular formula is C30H46N6O7. The SMILES string of the molecule is CC(C)C[C@@H]1NC(=O)[C@H](Cc2ccccc2)NC(=O)[C@@H]2CCCN2CCNC(=O)[C@H]([C@@H](C)O)NC[C@H](CC(=O)O)NC1=O. The number of aliphatic carboxylic acids is 1. The van der Waals surface area contributed by atoms with Crippen molar-refractivity contribution in [2.24, 2.45) is 5.92 Å². The number of benzene rings is 1. The van der Waals surface area contributed by atoms with Gasteiger partial charge in [-0.25, -0.2) is 0 Å². The lowest BCUT2D eigenvalue weighted by Gasteiger charge is -2.30. The van der Waals surface area contributed by atoms with Gasteiger partial charge in [-0.2, -0.15) is 0 Å². The molecule has 1 aromatic carbocycles. The Labute approximate surface area is 252 Å². The van der Waals surface area contributed by atoms with E-state index in [1.807, 2.05) is 49.1 Å². The van der Waals surface area contributed by atoms with Crippen LogP contribution in [0.15, 0.2) is 30.3 Å². The number of aliphatic hydroxyl groups is 1. The van der Waals surface area contributed by atoms with E-state index in [4.69, 9.17) is 0 Å². The van der Waals surface area contributed by atoms with Gasteiger partial charge < -0.3 is 36.8 Å². The van der Waals surface area contributed by atoms with Crippen LogP contribution in [0.25, 0.3) is 0 Å². The van der Waals surface area contributed by atoms with E-state index in [9.17, 15) is 34.2 Å². The fourth-order valence-electron chi connectivity index (χ4n) is 5.56. The number of carboxylic acid groups (broad SMARTS) is 1. The zero-order valence-electron chi connectivity index (χ0n) is 25.2. The highest BCUT2D eigenvalue weighted by molar-refractivity contribution is 5.93. The molecule has 238 valence electrons. The van der Waals surface area contributed by atoms with Crippen LogP contribution in [0.1, 0.15) is 52.0 Å². The van der Waals surface area contributed by atoms with Gasteiger partial charge in [0.05, 0.1) is 24.6 Å². The molecule has 0 unspecified atom stereocenters. The summed E-state index contributed by atoms with van der Waals surface area (Å²) in [5.41, 5.74) is 0.834. The second-order valence-electron chi connectivity index (χ2n) is 11.9. The maximum atomic E-state index is 13.7. The van der Waals surface area contributed by atoms with Crippen molar-refractivity contribution in [3.63, 3.8) is 0 Å². The number of fused-ring (bicyclic) bond motifs is 1. The zero-order chi connectivity index (χ0) is 31.5. The Hall–Kier alpha value is -3.55. The van der Waals surface area contributed by atoms with Gasteiger partial charge in [0.2, 0.25) is 23.6 Å². The molecule has 0 aromatic heterocycles. The summed E-state index contributed by atoms with van der Waals surface area (Å²) in [6.45, 7) is 6.37. The second-order valence-corrected chi connectivity index (χ2v) is 11.9. The molecule has 0 aliphatic carbocycles. The van der Waals surface area contributed by atoms with Crippen molar-refractivity contribution in [1.82, 2.24) is 31.5 Å². The monoisotopic (exact) mass is 602 g/mol. The van der Waals surface area contributed by atoms with E-state index in [1.54, 1.807) is 0 Å². The van der Waals surface area contributed by atoms with E-state index in [0.717, 1.165) is 12.0 Å². The number of aliphatic hydroxyl groups excluding tert-OH is 1. The molecule has 2 aliphatic rings. The van der Waals surface area contributed by atoms with Crippen LogP contribution < -0.4 is 26.6 Å². The Morgan fingerprint density at radius 2 is 1.60 bits per heavy atom. The number of hydrogen-bond donors (Lipinski definition) is 7. The Kier molecular flexibility index (Phi) is 12.9. The summed E-state index contributed by atoms with van der Waals surface area (Å²) in [6, 6.07) is 4.82. The fourth-order valence-corrected chi connectivity index (χ4v) is 5.56. The number of rotatable bonds is 7. The minimum absolute atomic E-state index is 0.00230. The summed E-state index contributed by atoms with van der Waals surface area (Å²) < 4.78 is 0. The van der Waals surface area contributed by atoms with Gasteiger partial charge in [-0.15, -0.1) is 0 Å². The van der Waals surface area contributed by atoms with E-state index >= 15 is 0 Å². The maximum absolute atomic E-state index is 13.7. The van der Waals surface area contributed by atoms with Crippen LogP contribution >= 0.6 is 0 Å². The lowest BCUT2D eigenvalue weighted by Crippen LogP contribution is -2.59.